The van der Waals surface area contributed by atoms with E-state index in [0.717, 1.165) is 45.7 Å². The first-order valence-electron chi connectivity index (χ1n) is 10.2. The molecular formula is C25H21N5S. The minimum absolute atomic E-state index is 0.487. The van der Waals surface area contributed by atoms with Gasteiger partial charge >= 0.3 is 0 Å². The van der Waals surface area contributed by atoms with Crippen LogP contribution in [0.4, 0.5) is 0 Å². The van der Waals surface area contributed by atoms with E-state index >= 15 is 0 Å². The molecule has 2 aromatic heterocycles. The number of rotatable bonds is 5. The van der Waals surface area contributed by atoms with E-state index in [1.165, 1.54) is 0 Å². The topological polar surface area (TPSA) is 50.9 Å². The molecule has 0 saturated carbocycles. The third-order valence-electron chi connectivity index (χ3n) is 5.31. The molecule has 0 spiro atoms. The molecule has 5 aromatic rings. The van der Waals surface area contributed by atoms with Gasteiger partial charge in [0.15, 0.2) is 5.82 Å². The molecule has 31 heavy (non-hydrogen) atoms. The third kappa shape index (κ3) is 3.41. The monoisotopic (exact) mass is 423 g/mol. The lowest BCUT2D eigenvalue weighted by atomic mass is 10.1. The molecule has 0 unspecified atom stereocenters. The highest BCUT2D eigenvalue weighted by molar-refractivity contribution is 7.71. The summed E-state index contributed by atoms with van der Waals surface area (Å²) in [5.74, 6) is 0.800. The Kier molecular flexibility index (Phi) is 5.06. The van der Waals surface area contributed by atoms with Crippen molar-refractivity contribution in [2.24, 2.45) is 5.10 Å². The van der Waals surface area contributed by atoms with Gasteiger partial charge in [-0.3, -0.25) is 5.10 Å². The highest BCUT2D eigenvalue weighted by Gasteiger charge is 2.18. The predicted octanol–water partition coefficient (Wildman–Crippen LogP) is 6.00. The number of benzene rings is 3. The Balaban J connectivity index is 1.83. The van der Waals surface area contributed by atoms with Crippen molar-refractivity contribution < 1.29 is 0 Å². The number of aryl methyl sites for hydroxylation is 1. The summed E-state index contributed by atoms with van der Waals surface area (Å²) in [4.78, 5) is 0. The summed E-state index contributed by atoms with van der Waals surface area (Å²) in [5.41, 5.74) is 5.48. The fourth-order valence-electron chi connectivity index (χ4n) is 3.91. The maximum Gasteiger partial charge on any atom is 0.216 e. The van der Waals surface area contributed by atoms with Crippen molar-refractivity contribution in [1.29, 1.82) is 0 Å². The number of H-pyrrole nitrogens is 1. The Morgan fingerprint density at radius 2 is 1.61 bits per heavy atom. The summed E-state index contributed by atoms with van der Waals surface area (Å²) < 4.78 is 4.47. The number of hydrogen-bond donors (Lipinski definition) is 1. The van der Waals surface area contributed by atoms with Crippen molar-refractivity contribution in [3.8, 4) is 16.9 Å². The van der Waals surface area contributed by atoms with E-state index in [1.54, 1.807) is 4.68 Å². The molecule has 0 fully saturated rings. The van der Waals surface area contributed by atoms with E-state index in [0.29, 0.717) is 4.77 Å². The zero-order valence-corrected chi connectivity index (χ0v) is 17.9. The van der Waals surface area contributed by atoms with E-state index in [2.05, 4.69) is 87.6 Å². The Bertz CT molecular complexity index is 1430. The highest BCUT2D eigenvalue weighted by Crippen LogP contribution is 2.35. The second-order valence-corrected chi connectivity index (χ2v) is 7.56. The van der Waals surface area contributed by atoms with Crippen LogP contribution in [-0.2, 0) is 6.42 Å². The van der Waals surface area contributed by atoms with E-state index in [1.807, 2.05) is 25.3 Å². The van der Waals surface area contributed by atoms with Crippen LogP contribution in [0.25, 0.3) is 27.8 Å². The van der Waals surface area contributed by atoms with E-state index in [-0.39, 0.29) is 0 Å². The molecule has 0 aliphatic carbocycles. The summed E-state index contributed by atoms with van der Waals surface area (Å²) >= 11 is 5.38. The van der Waals surface area contributed by atoms with Gasteiger partial charge in [0.05, 0.1) is 17.4 Å². The largest absolute Gasteiger partial charge is 0.309 e. The molecular weight excluding hydrogens is 402 g/mol. The second kappa shape index (κ2) is 8.16. The average molecular weight is 424 g/mol. The lowest BCUT2D eigenvalue weighted by Crippen LogP contribution is -2.00. The Morgan fingerprint density at radius 3 is 2.35 bits per heavy atom. The summed E-state index contributed by atoms with van der Waals surface area (Å²) in [6.07, 6.45) is 2.64. The van der Waals surface area contributed by atoms with Crippen molar-refractivity contribution in [2.75, 3.05) is 0 Å². The Labute approximate surface area is 185 Å². The zero-order chi connectivity index (χ0) is 21.2. The fourth-order valence-corrected chi connectivity index (χ4v) is 4.11. The van der Waals surface area contributed by atoms with E-state index in [9.17, 15) is 0 Å². The predicted molar refractivity (Wildman–Crippen MR) is 128 cm³/mol. The van der Waals surface area contributed by atoms with Gasteiger partial charge in [0.1, 0.15) is 0 Å². The molecule has 0 aliphatic rings. The van der Waals surface area contributed by atoms with Gasteiger partial charge in [-0.1, -0.05) is 73.7 Å². The van der Waals surface area contributed by atoms with Crippen LogP contribution in [0, 0.1) is 4.77 Å². The van der Waals surface area contributed by atoms with E-state index in [4.69, 9.17) is 17.3 Å². The van der Waals surface area contributed by atoms with Crippen molar-refractivity contribution >= 4 is 29.3 Å². The van der Waals surface area contributed by atoms with Crippen molar-refractivity contribution in [1.82, 2.24) is 19.4 Å². The molecule has 5 rings (SSSR count). The molecule has 152 valence electrons. The fraction of sp³-hybridized carbons (Fsp3) is 0.0800. The number of aromatic amines is 1. The van der Waals surface area contributed by atoms with Crippen LogP contribution in [-0.4, -0.2) is 25.7 Å². The maximum absolute atomic E-state index is 5.38. The molecule has 0 atom stereocenters. The second-order valence-electron chi connectivity index (χ2n) is 7.17. The van der Waals surface area contributed by atoms with Gasteiger partial charge in [0, 0.05) is 23.1 Å². The van der Waals surface area contributed by atoms with Crippen molar-refractivity contribution in [3.05, 3.63) is 101 Å². The van der Waals surface area contributed by atoms with Crippen LogP contribution in [0.5, 0.6) is 0 Å². The van der Waals surface area contributed by atoms with E-state index < -0.39 is 0 Å². The van der Waals surface area contributed by atoms with Gasteiger partial charge in [0.25, 0.3) is 0 Å². The summed E-state index contributed by atoms with van der Waals surface area (Å²) in [7, 11) is 0. The Hall–Kier alpha value is -3.77. The Morgan fingerprint density at radius 1 is 0.935 bits per heavy atom. The van der Waals surface area contributed by atoms with Crippen LogP contribution in [0.15, 0.2) is 90.0 Å². The van der Waals surface area contributed by atoms with Crippen LogP contribution in [0.1, 0.15) is 18.3 Å². The molecule has 0 bridgehead atoms. The van der Waals surface area contributed by atoms with Crippen LogP contribution >= 0.6 is 12.2 Å². The SMILES string of the molecule is CCc1n[nH]c(=S)n1N=Cc1c(-c2ccccc2)n(-c2ccccc2)c2ccccc12. The molecule has 0 saturated heterocycles. The van der Waals surface area contributed by atoms with Gasteiger partial charge in [0.2, 0.25) is 4.77 Å². The first-order valence-corrected chi connectivity index (χ1v) is 10.6. The van der Waals surface area contributed by atoms with Crippen LogP contribution in [0.3, 0.4) is 0 Å². The third-order valence-corrected chi connectivity index (χ3v) is 5.58. The van der Waals surface area contributed by atoms with Crippen LogP contribution < -0.4 is 0 Å². The lowest BCUT2D eigenvalue weighted by molar-refractivity contribution is 0.780. The quantitative estimate of drug-likeness (QED) is 0.279. The number of nitrogens with zero attached hydrogens (tertiary/aromatic N) is 4. The summed E-state index contributed by atoms with van der Waals surface area (Å²) in [5, 5.41) is 13.0. The minimum Gasteiger partial charge on any atom is -0.309 e. The molecule has 2 heterocycles. The number of hydrogen-bond acceptors (Lipinski definition) is 3. The van der Waals surface area contributed by atoms with Gasteiger partial charge in [-0.15, -0.1) is 0 Å². The number of aromatic nitrogens is 4. The number of para-hydroxylation sites is 2. The average Bonchev–Trinajstić information content (AvgIpc) is 3.36. The molecule has 5 nitrogen and oxygen atoms in total. The number of nitrogens with one attached hydrogen (secondary N) is 1. The molecule has 1 N–H and O–H groups in total. The van der Waals surface area contributed by atoms with Crippen LogP contribution in [0.2, 0.25) is 0 Å². The highest BCUT2D eigenvalue weighted by atomic mass is 32.1. The molecule has 0 radical (unpaired) electrons. The molecule has 3 aromatic carbocycles. The molecule has 6 heteroatoms. The van der Waals surface area contributed by atoms with Crippen molar-refractivity contribution in [3.63, 3.8) is 0 Å². The first-order chi connectivity index (χ1) is 15.3. The van der Waals surface area contributed by atoms with Gasteiger partial charge in [-0.2, -0.15) is 14.9 Å². The maximum atomic E-state index is 5.38. The van der Waals surface area contributed by atoms with Gasteiger partial charge in [-0.25, -0.2) is 0 Å². The van der Waals surface area contributed by atoms with Gasteiger partial charge in [-0.05, 0) is 36.0 Å². The first kappa shape index (κ1) is 19.2. The smallest absolute Gasteiger partial charge is 0.216 e. The normalized spacial score (nSPS) is 11.5. The summed E-state index contributed by atoms with van der Waals surface area (Å²) in [6.45, 7) is 2.04. The lowest BCUT2D eigenvalue weighted by Gasteiger charge is -2.12. The number of fused-ring (bicyclic) bond motifs is 1. The van der Waals surface area contributed by atoms with Gasteiger partial charge < -0.3 is 4.57 Å². The standard InChI is InChI=1S/C25H21N5S/c1-2-23-27-28-25(31)30(23)26-17-21-20-15-9-10-16-22(20)29(19-13-7-4-8-14-19)24(21)18-11-5-3-6-12-18/h3-17H,2H2,1H3,(H,28,31). The molecule has 0 amide bonds. The summed E-state index contributed by atoms with van der Waals surface area (Å²) in [6, 6.07) is 29.2. The van der Waals surface area contributed by atoms with Crippen molar-refractivity contribution in [2.45, 2.75) is 13.3 Å². The zero-order valence-electron chi connectivity index (χ0n) is 17.1. The molecule has 0 aliphatic heterocycles. The minimum atomic E-state index is 0.487.